The summed E-state index contributed by atoms with van der Waals surface area (Å²) >= 11 is 1.63. The first-order valence-electron chi connectivity index (χ1n) is 6.96. The van der Waals surface area contributed by atoms with Crippen molar-refractivity contribution in [3.05, 3.63) is 41.1 Å². The first-order chi connectivity index (χ1) is 10.6. The van der Waals surface area contributed by atoms with Crippen LogP contribution in [0.1, 0.15) is 24.6 Å². The number of thiazole rings is 1. The maximum Gasteiger partial charge on any atom is 0.141 e. The Morgan fingerprint density at radius 3 is 2.57 bits per heavy atom. The highest BCUT2D eigenvalue weighted by Gasteiger charge is 2.17. The van der Waals surface area contributed by atoms with Gasteiger partial charge in [0.05, 0.1) is 39.1 Å². The molecule has 0 bridgehead atoms. The molecule has 0 spiro atoms. The average molecular weight is 326 g/mol. The van der Waals surface area contributed by atoms with E-state index in [1.54, 1.807) is 17.7 Å². The number of hydrogen-bond acceptors (Lipinski definition) is 5. The van der Waals surface area contributed by atoms with Crippen LogP contribution in [0.2, 0.25) is 0 Å². The molecule has 0 aliphatic carbocycles. The van der Waals surface area contributed by atoms with Crippen LogP contribution in [0, 0.1) is 20.8 Å². The maximum absolute atomic E-state index is 5.31. The van der Waals surface area contributed by atoms with Gasteiger partial charge >= 0.3 is 0 Å². The van der Waals surface area contributed by atoms with Crippen LogP contribution in [0.25, 0.3) is 32.6 Å². The molecule has 118 valence electrons. The van der Waals surface area contributed by atoms with Crippen LogP contribution in [0.3, 0.4) is 0 Å². The monoisotopic (exact) mass is 326 g/mol. The standard InChI is InChI=1S/C16H14N4OS.CH4/c1-8-14(10(3)21-20-8)11-4-12(16-9(2)19-7-22-16)15-13(5-11)17-6-18-15;/h4-7H,1-3H3,(H,17,18);1H4. The van der Waals surface area contributed by atoms with E-state index in [4.69, 9.17) is 4.52 Å². The molecule has 4 rings (SSSR count). The predicted octanol–water partition coefficient (Wildman–Crippen LogP) is 4.90. The van der Waals surface area contributed by atoms with E-state index in [-0.39, 0.29) is 7.43 Å². The normalized spacial score (nSPS) is 10.9. The number of imidazole rings is 1. The van der Waals surface area contributed by atoms with Crippen molar-refractivity contribution in [2.75, 3.05) is 0 Å². The highest BCUT2D eigenvalue weighted by Crippen LogP contribution is 2.37. The van der Waals surface area contributed by atoms with Crippen molar-refractivity contribution < 1.29 is 4.52 Å². The zero-order valence-corrected chi connectivity index (χ0v) is 13.3. The van der Waals surface area contributed by atoms with Crippen molar-refractivity contribution in [2.24, 2.45) is 0 Å². The third kappa shape index (κ3) is 2.35. The first-order valence-corrected chi connectivity index (χ1v) is 7.84. The second-order valence-corrected chi connectivity index (χ2v) is 6.14. The van der Waals surface area contributed by atoms with E-state index < -0.39 is 0 Å². The molecule has 0 fully saturated rings. The van der Waals surface area contributed by atoms with Crippen molar-refractivity contribution in [2.45, 2.75) is 28.2 Å². The Morgan fingerprint density at radius 2 is 1.91 bits per heavy atom. The van der Waals surface area contributed by atoms with E-state index in [2.05, 4.69) is 32.2 Å². The fourth-order valence-electron chi connectivity index (χ4n) is 2.82. The van der Waals surface area contributed by atoms with Crippen LogP contribution >= 0.6 is 11.3 Å². The third-order valence-electron chi connectivity index (χ3n) is 3.84. The minimum absolute atomic E-state index is 0. The molecule has 6 heteroatoms. The van der Waals surface area contributed by atoms with Crippen LogP contribution in [-0.2, 0) is 0 Å². The summed E-state index contributed by atoms with van der Waals surface area (Å²) in [6, 6.07) is 4.24. The topological polar surface area (TPSA) is 67.6 Å². The molecule has 1 N–H and O–H groups in total. The van der Waals surface area contributed by atoms with Crippen molar-refractivity contribution in [1.29, 1.82) is 0 Å². The van der Waals surface area contributed by atoms with Gasteiger partial charge in [0.25, 0.3) is 0 Å². The molecular weight excluding hydrogens is 308 g/mol. The number of aromatic nitrogens is 4. The molecule has 3 aromatic heterocycles. The number of fused-ring (bicyclic) bond motifs is 1. The van der Waals surface area contributed by atoms with Gasteiger partial charge in [-0.2, -0.15) is 0 Å². The summed E-state index contributed by atoms with van der Waals surface area (Å²) in [5.41, 5.74) is 8.95. The van der Waals surface area contributed by atoms with E-state index in [9.17, 15) is 0 Å². The van der Waals surface area contributed by atoms with Crippen LogP contribution in [0.5, 0.6) is 0 Å². The van der Waals surface area contributed by atoms with E-state index >= 15 is 0 Å². The van der Waals surface area contributed by atoms with Gasteiger partial charge in [-0.1, -0.05) is 12.6 Å². The Balaban J connectivity index is 0.00000156. The largest absolute Gasteiger partial charge is 0.361 e. The second-order valence-electron chi connectivity index (χ2n) is 5.29. The van der Waals surface area contributed by atoms with Gasteiger partial charge in [0.15, 0.2) is 0 Å². The van der Waals surface area contributed by atoms with Crippen molar-refractivity contribution in [3.63, 3.8) is 0 Å². The molecule has 0 aliphatic heterocycles. The maximum atomic E-state index is 5.31. The van der Waals surface area contributed by atoms with Gasteiger partial charge in [-0.15, -0.1) is 11.3 Å². The molecule has 0 aliphatic rings. The lowest BCUT2D eigenvalue weighted by Gasteiger charge is -2.06. The lowest BCUT2D eigenvalue weighted by Crippen LogP contribution is -1.87. The first kappa shape index (κ1) is 15.4. The Morgan fingerprint density at radius 1 is 1.09 bits per heavy atom. The Hall–Kier alpha value is -2.47. The molecule has 0 atom stereocenters. The fraction of sp³-hybridized carbons (Fsp3) is 0.235. The van der Waals surface area contributed by atoms with Gasteiger partial charge in [0.1, 0.15) is 5.76 Å². The Kier molecular flexibility index (Phi) is 3.77. The predicted molar refractivity (Wildman–Crippen MR) is 93.6 cm³/mol. The summed E-state index contributed by atoms with van der Waals surface area (Å²) in [6.45, 7) is 5.91. The van der Waals surface area contributed by atoms with E-state index in [1.807, 2.05) is 26.3 Å². The summed E-state index contributed by atoms with van der Waals surface area (Å²) in [6.07, 6.45) is 1.72. The molecule has 23 heavy (non-hydrogen) atoms. The van der Waals surface area contributed by atoms with E-state index in [0.29, 0.717) is 0 Å². The number of hydrogen-bond donors (Lipinski definition) is 1. The number of nitrogens with zero attached hydrogens (tertiary/aromatic N) is 3. The van der Waals surface area contributed by atoms with Crippen molar-refractivity contribution in [3.8, 4) is 21.6 Å². The van der Waals surface area contributed by atoms with Crippen LogP contribution in [0.15, 0.2) is 28.5 Å². The second kappa shape index (κ2) is 5.62. The van der Waals surface area contributed by atoms with E-state index in [0.717, 1.165) is 49.7 Å². The van der Waals surface area contributed by atoms with Gasteiger partial charge < -0.3 is 9.51 Å². The summed E-state index contributed by atoms with van der Waals surface area (Å²) in [5, 5.41) is 4.06. The lowest BCUT2D eigenvalue weighted by atomic mass is 9.99. The Labute approximate surface area is 138 Å². The molecule has 0 radical (unpaired) electrons. The zero-order chi connectivity index (χ0) is 15.3. The number of rotatable bonds is 2. The number of aryl methyl sites for hydroxylation is 3. The molecular formula is C17H18N4OS. The lowest BCUT2D eigenvalue weighted by molar-refractivity contribution is 0.393. The SMILES string of the molecule is C.Cc1ncsc1-c1cc(-c2c(C)noc2C)cc2[nH]cnc12. The quantitative estimate of drug-likeness (QED) is 0.569. The summed E-state index contributed by atoms with van der Waals surface area (Å²) < 4.78 is 5.31. The van der Waals surface area contributed by atoms with Crippen LogP contribution < -0.4 is 0 Å². The van der Waals surface area contributed by atoms with Crippen molar-refractivity contribution in [1.82, 2.24) is 20.1 Å². The summed E-state index contributed by atoms with van der Waals surface area (Å²) in [7, 11) is 0. The number of nitrogens with one attached hydrogen (secondary N) is 1. The molecule has 0 saturated heterocycles. The van der Waals surface area contributed by atoms with Crippen LogP contribution in [-0.4, -0.2) is 20.1 Å². The third-order valence-corrected chi connectivity index (χ3v) is 4.80. The van der Waals surface area contributed by atoms with Gasteiger partial charge in [-0.3, -0.25) is 0 Å². The molecule has 0 saturated carbocycles. The molecule has 1 aromatic carbocycles. The molecule has 4 aromatic rings. The fourth-order valence-corrected chi connectivity index (χ4v) is 3.64. The summed E-state index contributed by atoms with van der Waals surface area (Å²) in [4.78, 5) is 13.2. The zero-order valence-electron chi connectivity index (χ0n) is 12.5. The Bertz CT molecular complexity index is 960. The number of H-pyrrole nitrogens is 1. The highest BCUT2D eigenvalue weighted by molar-refractivity contribution is 7.13. The van der Waals surface area contributed by atoms with Crippen molar-refractivity contribution >= 4 is 22.4 Å². The summed E-state index contributed by atoms with van der Waals surface area (Å²) in [5.74, 6) is 0.823. The molecule has 0 unspecified atom stereocenters. The highest BCUT2D eigenvalue weighted by atomic mass is 32.1. The minimum Gasteiger partial charge on any atom is -0.361 e. The molecule has 5 nitrogen and oxygen atoms in total. The van der Waals surface area contributed by atoms with E-state index in [1.165, 1.54) is 0 Å². The molecule has 3 heterocycles. The van der Waals surface area contributed by atoms with Gasteiger partial charge in [0, 0.05) is 11.1 Å². The van der Waals surface area contributed by atoms with Gasteiger partial charge in [-0.25, -0.2) is 9.97 Å². The number of aromatic amines is 1. The average Bonchev–Trinajstić information content (AvgIpc) is 3.19. The van der Waals surface area contributed by atoms with Gasteiger partial charge in [0.2, 0.25) is 0 Å². The van der Waals surface area contributed by atoms with Gasteiger partial charge in [-0.05, 0) is 38.5 Å². The number of benzene rings is 1. The minimum atomic E-state index is 0. The smallest absolute Gasteiger partial charge is 0.141 e. The molecule has 0 amide bonds. The van der Waals surface area contributed by atoms with Crippen LogP contribution in [0.4, 0.5) is 0 Å².